The largest absolute Gasteiger partial charge is 0.478 e. The van der Waals surface area contributed by atoms with E-state index < -0.39 is 5.97 Å². The number of hydrogen-bond acceptors (Lipinski definition) is 3. The van der Waals surface area contributed by atoms with Crippen molar-refractivity contribution in [1.29, 1.82) is 0 Å². The Balaban J connectivity index is 2.25. The third-order valence-corrected chi connectivity index (χ3v) is 3.84. The minimum atomic E-state index is -0.985. The van der Waals surface area contributed by atoms with E-state index in [4.69, 9.17) is 5.11 Å². The molecule has 1 aromatic carbocycles. The molecule has 0 aliphatic carbocycles. The highest BCUT2D eigenvalue weighted by Gasteiger charge is 2.12. The first-order valence-corrected chi connectivity index (χ1v) is 7.35. The van der Waals surface area contributed by atoms with E-state index in [2.05, 4.69) is 4.98 Å². The van der Waals surface area contributed by atoms with Crippen LogP contribution in [0.2, 0.25) is 0 Å². The lowest BCUT2D eigenvalue weighted by molar-refractivity contribution is 0.0697. The molecule has 0 aliphatic rings. The summed E-state index contributed by atoms with van der Waals surface area (Å²) in [5.41, 5.74) is 2.87. The molecule has 2 heterocycles. The summed E-state index contributed by atoms with van der Waals surface area (Å²) in [6, 6.07) is 9.94. The summed E-state index contributed by atoms with van der Waals surface area (Å²) in [5, 5.41) is 9.54. The maximum absolute atomic E-state index is 12.8. The van der Waals surface area contributed by atoms with Crippen molar-refractivity contribution < 1.29 is 9.90 Å². The molecule has 0 spiro atoms. The highest BCUT2D eigenvalue weighted by atomic mass is 16.4. The van der Waals surface area contributed by atoms with E-state index in [-0.39, 0.29) is 11.0 Å². The van der Waals surface area contributed by atoms with Crippen molar-refractivity contribution in [1.82, 2.24) is 9.55 Å². The SMILES string of the molecule is CCn1cc(-c2ccc(C(=O)O)cc2)c(=O)c2ccc(C)nc21. The quantitative estimate of drug-likeness (QED) is 0.807. The lowest BCUT2D eigenvalue weighted by atomic mass is 10.0. The van der Waals surface area contributed by atoms with Gasteiger partial charge in [0.2, 0.25) is 0 Å². The first kappa shape index (κ1) is 15.0. The molecule has 0 radical (unpaired) electrons. The van der Waals surface area contributed by atoms with Crippen LogP contribution in [0, 0.1) is 6.92 Å². The fraction of sp³-hybridized carbons (Fsp3) is 0.167. The first-order chi connectivity index (χ1) is 11.0. The van der Waals surface area contributed by atoms with Crippen LogP contribution in [0.15, 0.2) is 47.4 Å². The van der Waals surface area contributed by atoms with E-state index in [1.54, 1.807) is 24.4 Å². The number of hydrogen-bond donors (Lipinski definition) is 1. The summed E-state index contributed by atoms with van der Waals surface area (Å²) in [6.45, 7) is 4.57. The van der Waals surface area contributed by atoms with Crippen molar-refractivity contribution in [2.75, 3.05) is 0 Å². The summed E-state index contributed by atoms with van der Waals surface area (Å²) < 4.78 is 1.93. The van der Waals surface area contributed by atoms with E-state index in [9.17, 15) is 9.59 Å². The predicted octanol–water partition coefficient (Wildman–Crippen LogP) is 3.09. The van der Waals surface area contributed by atoms with Crippen molar-refractivity contribution in [3.8, 4) is 11.1 Å². The van der Waals surface area contributed by atoms with Gasteiger partial charge in [-0.3, -0.25) is 4.79 Å². The zero-order valence-electron chi connectivity index (χ0n) is 12.9. The van der Waals surface area contributed by atoms with Gasteiger partial charge in [0.15, 0.2) is 5.43 Å². The summed E-state index contributed by atoms with van der Waals surface area (Å²) in [7, 11) is 0. The van der Waals surface area contributed by atoms with Crippen LogP contribution < -0.4 is 5.43 Å². The molecule has 0 aliphatic heterocycles. The van der Waals surface area contributed by atoms with E-state index in [0.717, 1.165) is 5.69 Å². The molecule has 5 heteroatoms. The van der Waals surface area contributed by atoms with E-state index >= 15 is 0 Å². The number of carbonyl (C=O) groups is 1. The number of pyridine rings is 2. The molecule has 116 valence electrons. The topological polar surface area (TPSA) is 72.2 Å². The number of aromatic nitrogens is 2. The Morgan fingerprint density at radius 3 is 2.48 bits per heavy atom. The lowest BCUT2D eigenvalue weighted by Crippen LogP contribution is -2.13. The fourth-order valence-electron chi connectivity index (χ4n) is 2.60. The molecule has 23 heavy (non-hydrogen) atoms. The predicted molar refractivity (Wildman–Crippen MR) is 88.8 cm³/mol. The van der Waals surface area contributed by atoms with Gasteiger partial charge in [0.25, 0.3) is 0 Å². The number of aromatic carboxylic acids is 1. The summed E-state index contributed by atoms with van der Waals surface area (Å²) in [5.74, 6) is -0.985. The van der Waals surface area contributed by atoms with Gasteiger partial charge >= 0.3 is 5.97 Å². The summed E-state index contributed by atoms with van der Waals surface area (Å²) >= 11 is 0. The van der Waals surface area contributed by atoms with Gasteiger partial charge in [0.05, 0.1) is 10.9 Å². The molecular weight excluding hydrogens is 292 g/mol. The van der Waals surface area contributed by atoms with Crippen LogP contribution >= 0.6 is 0 Å². The Kier molecular flexibility index (Phi) is 3.70. The van der Waals surface area contributed by atoms with Crippen molar-refractivity contribution in [3.63, 3.8) is 0 Å². The zero-order valence-corrected chi connectivity index (χ0v) is 12.9. The first-order valence-electron chi connectivity index (χ1n) is 7.35. The fourth-order valence-corrected chi connectivity index (χ4v) is 2.60. The second-order valence-electron chi connectivity index (χ2n) is 5.36. The van der Waals surface area contributed by atoms with Crippen molar-refractivity contribution in [2.24, 2.45) is 0 Å². The third kappa shape index (κ3) is 2.61. The molecular formula is C18H16N2O3. The van der Waals surface area contributed by atoms with E-state index in [0.29, 0.717) is 28.7 Å². The average molecular weight is 308 g/mol. The Hall–Kier alpha value is -2.95. The van der Waals surface area contributed by atoms with Crippen molar-refractivity contribution in [2.45, 2.75) is 20.4 Å². The zero-order chi connectivity index (χ0) is 16.6. The van der Waals surface area contributed by atoms with Gasteiger partial charge in [-0.2, -0.15) is 0 Å². The Morgan fingerprint density at radius 2 is 1.87 bits per heavy atom. The summed E-state index contributed by atoms with van der Waals surface area (Å²) in [6.07, 6.45) is 1.78. The van der Waals surface area contributed by atoms with Gasteiger partial charge in [0.1, 0.15) is 5.65 Å². The third-order valence-electron chi connectivity index (χ3n) is 3.84. The van der Waals surface area contributed by atoms with E-state index in [1.807, 2.05) is 24.5 Å². The molecule has 0 amide bonds. The molecule has 0 atom stereocenters. The smallest absolute Gasteiger partial charge is 0.335 e. The minimum absolute atomic E-state index is 0.0970. The number of rotatable bonds is 3. The van der Waals surface area contributed by atoms with Gasteiger partial charge < -0.3 is 9.67 Å². The van der Waals surface area contributed by atoms with Crippen LogP contribution in [0.4, 0.5) is 0 Å². The molecule has 3 rings (SSSR count). The number of carboxylic acid groups (broad SMARTS) is 1. The van der Waals surface area contributed by atoms with Crippen LogP contribution in [0.3, 0.4) is 0 Å². The Bertz CT molecular complexity index is 956. The lowest BCUT2D eigenvalue weighted by Gasteiger charge is -2.11. The van der Waals surface area contributed by atoms with Crippen LogP contribution in [0.1, 0.15) is 23.0 Å². The van der Waals surface area contributed by atoms with Crippen LogP contribution in [0.25, 0.3) is 22.2 Å². The monoisotopic (exact) mass is 308 g/mol. The molecule has 0 fully saturated rings. The van der Waals surface area contributed by atoms with Gasteiger partial charge in [0, 0.05) is 24.0 Å². The highest BCUT2D eigenvalue weighted by Crippen LogP contribution is 2.20. The van der Waals surface area contributed by atoms with Gasteiger partial charge in [-0.1, -0.05) is 12.1 Å². The number of carboxylic acids is 1. The van der Waals surface area contributed by atoms with Crippen LogP contribution in [-0.4, -0.2) is 20.6 Å². The Labute approximate surface area is 132 Å². The molecule has 1 N–H and O–H groups in total. The number of nitrogens with zero attached hydrogens (tertiary/aromatic N) is 2. The normalized spacial score (nSPS) is 10.9. The van der Waals surface area contributed by atoms with Crippen LogP contribution in [0.5, 0.6) is 0 Å². The van der Waals surface area contributed by atoms with E-state index in [1.165, 1.54) is 12.1 Å². The van der Waals surface area contributed by atoms with Gasteiger partial charge in [-0.15, -0.1) is 0 Å². The summed E-state index contributed by atoms with van der Waals surface area (Å²) in [4.78, 5) is 28.2. The molecule has 3 aromatic rings. The maximum Gasteiger partial charge on any atom is 0.335 e. The second-order valence-corrected chi connectivity index (χ2v) is 5.36. The molecule has 0 saturated heterocycles. The minimum Gasteiger partial charge on any atom is -0.478 e. The number of aryl methyl sites for hydroxylation is 2. The standard InChI is InChI=1S/C18H16N2O3/c1-3-20-10-15(12-5-7-13(8-6-12)18(22)23)16(21)14-9-4-11(2)19-17(14)20/h4-10H,3H2,1-2H3,(H,22,23). The molecule has 2 aromatic heterocycles. The second kappa shape index (κ2) is 5.68. The highest BCUT2D eigenvalue weighted by molar-refractivity contribution is 5.88. The maximum atomic E-state index is 12.8. The average Bonchev–Trinajstić information content (AvgIpc) is 2.55. The van der Waals surface area contributed by atoms with Crippen molar-refractivity contribution in [3.05, 3.63) is 64.1 Å². The molecule has 0 bridgehead atoms. The molecule has 5 nitrogen and oxygen atoms in total. The molecule has 0 unspecified atom stereocenters. The number of benzene rings is 1. The molecule has 0 saturated carbocycles. The number of fused-ring (bicyclic) bond motifs is 1. The Morgan fingerprint density at radius 1 is 1.17 bits per heavy atom. The van der Waals surface area contributed by atoms with Gasteiger partial charge in [-0.05, 0) is 43.7 Å². The van der Waals surface area contributed by atoms with Crippen LogP contribution in [-0.2, 0) is 6.54 Å². The van der Waals surface area contributed by atoms with Crippen molar-refractivity contribution >= 4 is 17.0 Å². The van der Waals surface area contributed by atoms with Gasteiger partial charge in [-0.25, -0.2) is 9.78 Å².